The minimum atomic E-state index is -0.416. The molecule has 1 aliphatic rings. The van der Waals surface area contributed by atoms with Crippen LogP contribution < -0.4 is 5.32 Å². The van der Waals surface area contributed by atoms with E-state index in [-0.39, 0.29) is 6.09 Å². The van der Waals surface area contributed by atoms with Gasteiger partial charge in [-0.25, -0.2) is 4.79 Å². The van der Waals surface area contributed by atoms with Crippen LogP contribution in [0.3, 0.4) is 0 Å². The molecule has 0 aromatic carbocycles. The SMILES string of the molecule is CCN[C@H]1CCC[C@@H](N(C)C(=O)OC(C)(C)C)C1. The molecule has 0 aromatic heterocycles. The number of carbonyl (C=O) groups is 1. The summed E-state index contributed by atoms with van der Waals surface area (Å²) in [5.74, 6) is 0. The van der Waals surface area contributed by atoms with Crippen molar-refractivity contribution < 1.29 is 9.53 Å². The molecule has 4 heteroatoms. The van der Waals surface area contributed by atoms with Crippen molar-refractivity contribution >= 4 is 6.09 Å². The molecule has 106 valence electrons. The fourth-order valence-corrected chi connectivity index (χ4v) is 2.47. The van der Waals surface area contributed by atoms with E-state index in [1.165, 1.54) is 12.8 Å². The van der Waals surface area contributed by atoms with Gasteiger partial charge in [-0.05, 0) is 53.0 Å². The zero-order valence-corrected chi connectivity index (χ0v) is 12.5. The summed E-state index contributed by atoms with van der Waals surface area (Å²) < 4.78 is 5.41. The van der Waals surface area contributed by atoms with Crippen molar-refractivity contribution in [2.45, 2.75) is 71.1 Å². The molecule has 1 aliphatic carbocycles. The molecule has 1 rings (SSSR count). The summed E-state index contributed by atoms with van der Waals surface area (Å²) in [5, 5.41) is 3.48. The standard InChI is InChI=1S/C14H28N2O2/c1-6-15-11-8-7-9-12(10-11)16(5)13(17)18-14(2,3)4/h11-12,15H,6-10H2,1-5H3/t11-,12+/m0/s1. The third-order valence-corrected chi connectivity index (χ3v) is 3.37. The number of carbonyl (C=O) groups excluding carboxylic acids is 1. The molecule has 1 N–H and O–H groups in total. The Labute approximate surface area is 111 Å². The lowest BCUT2D eigenvalue weighted by molar-refractivity contribution is 0.0176. The molecule has 0 aromatic rings. The molecule has 0 radical (unpaired) electrons. The monoisotopic (exact) mass is 256 g/mol. The van der Waals surface area contributed by atoms with Crippen molar-refractivity contribution in [2.75, 3.05) is 13.6 Å². The summed E-state index contributed by atoms with van der Waals surface area (Å²) in [5.41, 5.74) is -0.416. The van der Waals surface area contributed by atoms with E-state index < -0.39 is 5.60 Å². The average Bonchev–Trinajstić information content (AvgIpc) is 2.26. The summed E-state index contributed by atoms with van der Waals surface area (Å²) in [6, 6.07) is 0.844. The van der Waals surface area contributed by atoms with Crippen molar-refractivity contribution in [3.63, 3.8) is 0 Å². The molecule has 2 atom stereocenters. The summed E-state index contributed by atoms with van der Waals surface area (Å²) in [7, 11) is 1.85. The van der Waals surface area contributed by atoms with E-state index >= 15 is 0 Å². The van der Waals surface area contributed by atoms with E-state index in [1.807, 2.05) is 27.8 Å². The molecule has 1 saturated carbocycles. The highest BCUT2D eigenvalue weighted by molar-refractivity contribution is 5.68. The summed E-state index contributed by atoms with van der Waals surface area (Å²) >= 11 is 0. The molecule has 0 saturated heterocycles. The van der Waals surface area contributed by atoms with Crippen LogP contribution in [0.25, 0.3) is 0 Å². The van der Waals surface area contributed by atoms with E-state index in [9.17, 15) is 4.79 Å². The van der Waals surface area contributed by atoms with Crippen molar-refractivity contribution in [3.05, 3.63) is 0 Å². The number of amides is 1. The smallest absolute Gasteiger partial charge is 0.410 e. The Bertz CT molecular complexity index is 271. The van der Waals surface area contributed by atoms with Gasteiger partial charge < -0.3 is 15.0 Å². The summed E-state index contributed by atoms with van der Waals surface area (Å²) in [6.45, 7) is 8.83. The number of hydrogen-bond acceptors (Lipinski definition) is 3. The minimum absolute atomic E-state index is 0.204. The quantitative estimate of drug-likeness (QED) is 0.844. The second-order valence-electron chi connectivity index (χ2n) is 6.17. The largest absolute Gasteiger partial charge is 0.444 e. The van der Waals surface area contributed by atoms with Crippen LogP contribution in [0.4, 0.5) is 4.79 Å². The molecule has 0 heterocycles. The molecule has 1 amide bonds. The predicted molar refractivity (Wildman–Crippen MR) is 73.7 cm³/mol. The first-order chi connectivity index (χ1) is 8.33. The highest BCUT2D eigenvalue weighted by atomic mass is 16.6. The van der Waals surface area contributed by atoms with Gasteiger partial charge in [0.25, 0.3) is 0 Å². The zero-order chi connectivity index (χ0) is 13.8. The Balaban J connectivity index is 2.50. The fourth-order valence-electron chi connectivity index (χ4n) is 2.47. The molecule has 18 heavy (non-hydrogen) atoms. The number of rotatable bonds is 3. The molecular formula is C14H28N2O2. The van der Waals surface area contributed by atoms with Crippen LogP contribution in [0.15, 0.2) is 0 Å². The predicted octanol–water partition coefficient (Wildman–Crippen LogP) is 2.77. The Hall–Kier alpha value is -0.770. The van der Waals surface area contributed by atoms with Crippen molar-refractivity contribution in [2.24, 2.45) is 0 Å². The molecule has 0 unspecified atom stereocenters. The van der Waals surface area contributed by atoms with Crippen LogP contribution in [0.1, 0.15) is 53.4 Å². The lowest BCUT2D eigenvalue weighted by Gasteiger charge is -2.36. The van der Waals surface area contributed by atoms with Crippen LogP contribution in [0.5, 0.6) is 0 Å². The molecule has 4 nitrogen and oxygen atoms in total. The fraction of sp³-hybridized carbons (Fsp3) is 0.929. The number of nitrogens with zero attached hydrogens (tertiary/aromatic N) is 1. The van der Waals surface area contributed by atoms with Gasteiger partial charge in [-0.1, -0.05) is 6.92 Å². The average molecular weight is 256 g/mol. The Morgan fingerprint density at radius 2 is 2.06 bits per heavy atom. The molecule has 0 bridgehead atoms. The van der Waals surface area contributed by atoms with Crippen LogP contribution in [-0.2, 0) is 4.74 Å². The molecule has 1 fully saturated rings. The van der Waals surface area contributed by atoms with E-state index in [0.29, 0.717) is 12.1 Å². The molecule has 0 spiro atoms. The Morgan fingerprint density at radius 1 is 1.39 bits per heavy atom. The van der Waals surface area contributed by atoms with Crippen molar-refractivity contribution in [3.8, 4) is 0 Å². The van der Waals surface area contributed by atoms with Gasteiger partial charge in [-0.2, -0.15) is 0 Å². The van der Waals surface area contributed by atoms with Gasteiger partial charge in [0.2, 0.25) is 0 Å². The van der Waals surface area contributed by atoms with Gasteiger partial charge in [0.15, 0.2) is 0 Å². The maximum Gasteiger partial charge on any atom is 0.410 e. The second kappa shape index (κ2) is 6.41. The highest BCUT2D eigenvalue weighted by Crippen LogP contribution is 2.23. The highest BCUT2D eigenvalue weighted by Gasteiger charge is 2.29. The first kappa shape index (κ1) is 15.3. The van der Waals surface area contributed by atoms with Gasteiger partial charge in [-0.3, -0.25) is 0 Å². The Morgan fingerprint density at radius 3 is 2.61 bits per heavy atom. The third-order valence-electron chi connectivity index (χ3n) is 3.37. The van der Waals surface area contributed by atoms with E-state index in [2.05, 4.69) is 12.2 Å². The lowest BCUT2D eigenvalue weighted by atomic mass is 9.90. The number of nitrogens with one attached hydrogen (secondary N) is 1. The lowest BCUT2D eigenvalue weighted by Crippen LogP contribution is -2.46. The van der Waals surface area contributed by atoms with Crippen LogP contribution in [0.2, 0.25) is 0 Å². The topological polar surface area (TPSA) is 41.6 Å². The molecular weight excluding hydrogens is 228 g/mol. The van der Waals surface area contributed by atoms with Crippen LogP contribution in [-0.4, -0.2) is 42.3 Å². The minimum Gasteiger partial charge on any atom is -0.444 e. The third kappa shape index (κ3) is 4.84. The number of hydrogen-bond donors (Lipinski definition) is 1. The maximum absolute atomic E-state index is 12.0. The van der Waals surface area contributed by atoms with E-state index in [1.54, 1.807) is 4.90 Å². The van der Waals surface area contributed by atoms with Gasteiger partial charge >= 0.3 is 6.09 Å². The first-order valence-electron chi connectivity index (χ1n) is 7.02. The van der Waals surface area contributed by atoms with Gasteiger partial charge in [0.05, 0.1) is 0 Å². The van der Waals surface area contributed by atoms with E-state index in [4.69, 9.17) is 4.74 Å². The summed E-state index contributed by atoms with van der Waals surface area (Å²) in [4.78, 5) is 13.8. The summed E-state index contributed by atoms with van der Waals surface area (Å²) in [6.07, 6.45) is 4.30. The van der Waals surface area contributed by atoms with Gasteiger partial charge in [0.1, 0.15) is 5.60 Å². The Kier molecular flexibility index (Phi) is 5.45. The van der Waals surface area contributed by atoms with Crippen LogP contribution >= 0.6 is 0 Å². The normalized spacial score (nSPS) is 24.7. The zero-order valence-electron chi connectivity index (χ0n) is 12.5. The van der Waals surface area contributed by atoms with E-state index in [0.717, 1.165) is 19.4 Å². The number of ether oxygens (including phenoxy) is 1. The van der Waals surface area contributed by atoms with Crippen molar-refractivity contribution in [1.29, 1.82) is 0 Å². The maximum atomic E-state index is 12.0. The first-order valence-corrected chi connectivity index (χ1v) is 7.02. The van der Waals surface area contributed by atoms with Crippen molar-refractivity contribution in [1.82, 2.24) is 10.2 Å². The van der Waals surface area contributed by atoms with Gasteiger partial charge in [0, 0.05) is 19.1 Å². The second-order valence-corrected chi connectivity index (χ2v) is 6.17. The van der Waals surface area contributed by atoms with Crippen LogP contribution in [0, 0.1) is 0 Å². The molecule has 0 aliphatic heterocycles. The van der Waals surface area contributed by atoms with Gasteiger partial charge in [-0.15, -0.1) is 0 Å².